The SMILES string of the molecule is COc1ccc(COc2cc(C#N)ccc2B2OC(C)(C)C(C)(C)O2)cc1. The van der Waals surface area contributed by atoms with E-state index in [4.69, 9.17) is 18.8 Å². The van der Waals surface area contributed by atoms with E-state index in [0.29, 0.717) is 17.9 Å². The Hall–Kier alpha value is -2.49. The maximum atomic E-state index is 9.25. The quantitative estimate of drug-likeness (QED) is 0.760. The molecule has 5 nitrogen and oxygen atoms in total. The Labute approximate surface area is 161 Å². The molecule has 2 aromatic carbocycles. The van der Waals surface area contributed by atoms with E-state index in [0.717, 1.165) is 16.8 Å². The van der Waals surface area contributed by atoms with Gasteiger partial charge in [0.15, 0.2) is 0 Å². The van der Waals surface area contributed by atoms with E-state index >= 15 is 0 Å². The van der Waals surface area contributed by atoms with Crippen LogP contribution in [0.2, 0.25) is 0 Å². The van der Waals surface area contributed by atoms with Gasteiger partial charge in [0, 0.05) is 5.46 Å². The summed E-state index contributed by atoms with van der Waals surface area (Å²) in [5.74, 6) is 1.38. The van der Waals surface area contributed by atoms with Gasteiger partial charge in [-0.3, -0.25) is 0 Å². The normalized spacial score (nSPS) is 17.4. The molecular weight excluding hydrogens is 341 g/mol. The highest BCUT2D eigenvalue weighted by molar-refractivity contribution is 6.63. The predicted molar refractivity (Wildman–Crippen MR) is 104 cm³/mol. The Balaban J connectivity index is 1.84. The lowest BCUT2D eigenvalue weighted by Crippen LogP contribution is -2.41. The lowest BCUT2D eigenvalue weighted by atomic mass is 9.78. The molecule has 0 spiro atoms. The average Bonchev–Trinajstić information content (AvgIpc) is 2.87. The molecule has 140 valence electrons. The zero-order chi connectivity index (χ0) is 19.7. The fourth-order valence-corrected chi connectivity index (χ4v) is 2.78. The summed E-state index contributed by atoms with van der Waals surface area (Å²) in [7, 11) is 1.09. The number of hydrogen-bond donors (Lipinski definition) is 0. The summed E-state index contributed by atoms with van der Waals surface area (Å²) in [5.41, 5.74) is 1.41. The second-order valence-corrected chi connectivity index (χ2v) is 7.59. The third-order valence-corrected chi connectivity index (χ3v) is 5.20. The Bertz CT molecular complexity index is 839. The molecule has 0 amide bonds. The monoisotopic (exact) mass is 365 g/mol. The van der Waals surface area contributed by atoms with Gasteiger partial charge in [-0.1, -0.05) is 18.2 Å². The van der Waals surface area contributed by atoms with E-state index in [1.807, 2.05) is 58.0 Å². The summed E-state index contributed by atoms with van der Waals surface area (Å²) in [6.07, 6.45) is 0. The summed E-state index contributed by atoms with van der Waals surface area (Å²) >= 11 is 0. The standard InChI is InChI=1S/C21H24BNO4/c1-20(2)21(3,4)27-22(26-20)18-11-8-16(13-23)12-19(18)25-14-15-6-9-17(24-5)10-7-15/h6-12H,14H2,1-5H3. The lowest BCUT2D eigenvalue weighted by Gasteiger charge is -2.32. The van der Waals surface area contributed by atoms with Gasteiger partial charge in [-0.25, -0.2) is 0 Å². The molecule has 27 heavy (non-hydrogen) atoms. The Morgan fingerprint density at radius 3 is 2.19 bits per heavy atom. The molecule has 0 saturated carbocycles. The zero-order valence-corrected chi connectivity index (χ0v) is 16.4. The molecule has 1 aliphatic heterocycles. The Kier molecular flexibility index (Phi) is 5.19. The second-order valence-electron chi connectivity index (χ2n) is 7.59. The minimum Gasteiger partial charge on any atom is -0.497 e. The van der Waals surface area contributed by atoms with Crippen LogP contribution in [-0.2, 0) is 15.9 Å². The van der Waals surface area contributed by atoms with Crippen LogP contribution in [0.3, 0.4) is 0 Å². The summed E-state index contributed by atoms with van der Waals surface area (Å²) in [6.45, 7) is 8.40. The van der Waals surface area contributed by atoms with Crippen LogP contribution < -0.4 is 14.9 Å². The van der Waals surface area contributed by atoms with E-state index in [9.17, 15) is 5.26 Å². The van der Waals surface area contributed by atoms with Crippen molar-refractivity contribution in [1.82, 2.24) is 0 Å². The van der Waals surface area contributed by atoms with Crippen LogP contribution in [0.1, 0.15) is 38.8 Å². The Morgan fingerprint density at radius 2 is 1.63 bits per heavy atom. The summed E-state index contributed by atoms with van der Waals surface area (Å²) in [5, 5.41) is 9.25. The molecule has 3 rings (SSSR count). The molecule has 1 heterocycles. The highest BCUT2D eigenvalue weighted by Gasteiger charge is 2.52. The number of benzene rings is 2. The molecule has 1 saturated heterocycles. The molecule has 2 aromatic rings. The van der Waals surface area contributed by atoms with Crippen LogP contribution in [0.25, 0.3) is 0 Å². The number of nitriles is 1. The first-order chi connectivity index (χ1) is 12.8. The van der Waals surface area contributed by atoms with Crippen LogP contribution in [0.15, 0.2) is 42.5 Å². The molecule has 1 aliphatic rings. The summed E-state index contributed by atoms with van der Waals surface area (Å²) in [4.78, 5) is 0. The molecule has 0 aromatic heterocycles. The minimum atomic E-state index is -0.548. The molecule has 1 fully saturated rings. The van der Waals surface area contributed by atoms with E-state index in [-0.39, 0.29) is 0 Å². The third-order valence-electron chi connectivity index (χ3n) is 5.20. The molecular formula is C21H24BNO4. The van der Waals surface area contributed by atoms with Gasteiger partial charge in [0.1, 0.15) is 18.1 Å². The van der Waals surface area contributed by atoms with Crippen molar-refractivity contribution < 1.29 is 18.8 Å². The van der Waals surface area contributed by atoms with Crippen LogP contribution in [0.5, 0.6) is 11.5 Å². The van der Waals surface area contributed by atoms with Crippen LogP contribution in [0.4, 0.5) is 0 Å². The van der Waals surface area contributed by atoms with Crippen LogP contribution in [-0.4, -0.2) is 25.4 Å². The first kappa shape index (κ1) is 19.3. The van der Waals surface area contributed by atoms with E-state index in [1.165, 1.54) is 0 Å². The highest BCUT2D eigenvalue weighted by atomic mass is 16.7. The molecule has 0 atom stereocenters. The molecule has 0 aliphatic carbocycles. The predicted octanol–water partition coefficient (Wildman–Crippen LogP) is 3.45. The fourth-order valence-electron chi connectivity index (χ4n) is 2.78. The number of rotatable bonds is 5. The maximum absolute atomic E-state index is 9.25. The molecule has 0 unspecified atom stereocenters. The van der Waals surface area contributed by atoms with Crippen molar-refractivity contribution in [2.45, 2.75) is 45.5 Å². The molecule has 0 radical (unpaired) electrons. The van der Waals surface area contributed by atoms with Gasteiger partial charge in [-0.2, -0.15) is 5.26 Å². The van der Waals surface area contributed by atoms with E-state index in [1.54, 1.807) is 19.2 Å². The van der Waals surface area contributed by atoms with Gasteiger partial charge in [0.2, 0.25) is 0 Å². The summed E-state index contributed by atoms with van der Waals surface area (Å²) < 4.78 is 23.5. The van der Waals surface area contributed by atoms with Crippen molar-refractivity contribution >= 4 is 12.6 Å². The van der Waals surface area contributed by atoms with Gasteiger partial charge in [0.25, 0.3) is 0 Å². The first-order valence-corrected chi connectivity index (χ1v) is 8.91. The largest absolute Gasteiger partial charge is 0.498 e. The van der Waals surface area contributed by atoms with Crippen LogP contribution in [0, 0.1) is 11.3 Å². The molecule has 0 bridgehead atoms. The maximum Gasteiger partial charge on any atom is 0.498 e. The van der Waals surface area contributed by atoms with Crippen molar-refractivity contribution in [2.75, 3.05) is 7.11 Å². The number of hydrogen-bond acceptors (Lipinski definition) is 5. The fraction of sp³-hybridized carbons (Fsp3) is 0.381. The van der Waals surface area contributed by atoms with Gasteiger partial charge in [-0.05, 0) is 57.5 Å². The number of ether oxygens (including phenoxy) is 2. The molecule has 0 N–H and O–H groups in total. The van der Waals surface area contributed by atoms with Crippen molar-refractivity contribution in [2.24, 2.45) is 0 Å². The smallest absolute Gasteiger partial charge is 0.497 e. The number of methoxy groups -OCH3 is 1. The third kappa shape index (κ3) is 3.95. The summed E-state index contributed by atoms with van der Waals surface area (Å²) in [6, 6.07) is 15.1. The average molecular weight is 365 g/mol. The van der Waals surface area contributed by atoms with Gasteiger partial charge in [0.05, 0.1) is 29.9 Å². The van der Waals surface area contributed by atoms with Crippen molar-refractivity contribution in [1.29, 1.82) is 5.26 Å². The van der Waals surface area contributed by atoms with Gasteiger partial charge in [-0.15, -0.1) is 0 Å². The minimum absolute atomic E-state index is 0.366. The van der Waals surface area contributed by atoms with Gasteiger partial charge < -0.3 is 18.8 Å². The zero-order valence-electron chi connectivity index (χ0n) is 16.4. The lowest BCUT2D eigenvalue weighted by molar-refractivity contribution is 0.00578. The van der Waals surface area contributed by atoms with E-state index in [2.05, 4.69) is 6.07 Å². The first-order valence-electron chi connectivity index (χ1n) is 8.91. The van der Waals surface area contributed by atoms with Crippen LogP contribution >= 0.6 is 0 Å². The van der Waals surface area contributed by atoms with E-state index < -0.39 is 18.3 Å². The Morgan fingerprint density at radius 1 is 1.00 bits per heavy atom. The topological polar surface area (TPSA) is 60.7 Å². The van der Waals surface area contributed by atoms with Gasteiger partial charge >= 0.3 is 7.12 Å². The van der Waals surface area contributed by atoms with Crippen molar-refractivity contribution in [3.63, 3.8) is 0 Å². The second kappa shape index (κ2) is 7.26. The number of nitrogens with zero attached hydrogens (tertiary/aromatic N) is 1. The highest BCUT2D eigenvalue weighted by Crippen LogP contribution is 2.37. The molecule has 6 heteroatoms. The van der Waals surface area contributed by atoms with Crippen molar-refractivity contribution in [3.05, 3.63) is 53.6 Å². The van der Waals surface area contributed by atoms with Crippen molar-refractivity contribution in [3.8, 4) is 17.6 Å².